The molecule has 0 aliphatic heterocycles. The van der Waals surface area contributed by atoms with Crippen molar-refractivity contribution in [2.24, 2.45) is 0 Å². The van der Waals surface area contributed by atoms with Gasteiger partial charge in [0, 0.05) is 12.0 Å². The highest BCUT2D eigenvalue weighted by molar-refractivity contribution is 7.80. The Labute approximate surface area is 114 Å². The summed E-state index contributed by atoms with van der Waals surface area (Å²) in [4.78, 5) is 10.7. The van der Waals surface area contributed by atoms with Gasteiger partial charge < -0.3 is 9.59 Å². The fourth-order valence-corrected chi connectivity index (χ4v) is 2.39. The first-order valence-corrected chi connectivity index (χ1v) is 7.25. The summed E-state index contributed by atoms with van der Waals surface area (Å²) < 4.78 is 35.4. The van der Waals surface area contributed by atoms with E-state index in [0.717, 1.165) is 6.42 Å². The van der Waals surface area contributed by atoms with Crippen molar-refractivity contribution in [1.29, 1.82) is 0 Å². The number of carbonyl (C=O) groups is 1. The number of aliphatic carboxylic acids is 1. The van der Waals surface area contributed by atoms with Gasteiger partial charge in [-0.15, -0.1) is 0 Å². The minimum absolute atomic E-state index is 0.0274. The van der Waals surface area contributed by atoms with Crippen LogP contribution in [0.4, 0.5) is 0 Å². The lowest BCUT2D eigenvalue weighted by molar-refractivity contribution is -0.933. The molecule has 0 rings (SSSR count). The van der Waals surface area contributed by atoms with Crippen LogP contribution in [0.3, 0.4) is 0 Å². The number of carboxylic acid groups (broad SMARTS) is 1. The predicted molar refractivity (Wildman–Crippen MR) is 69.7 cm³/mol. The van der Waals surface area contributed by atoms with E-state index in [9.17, 15) is 13.2 Å². The zero-order valence-corrected chi connectivity index (χ0v) is 12.3. The maximum atomic E-state index is 10.9. The molecule has 0 aromatic heterocycles. The van der Waals surface area contributed by atoms with Gasteiger partial charge in [0.1, 0.15) is 0 Å². The van der Waals surface area contributed by atoms with E-state index in [2.05, 4.69) is 10.8 Å². The van der Waals surface area contributed by atoms with Crippen molar-refractivity contribution in [2.75, 3.05) is 20.6 Å². The number of hydrogen-bond acceptors (Lipinski definition) is 4. The van der Waals surface area contributed by atoms with E-state index in [1.807, 2.05) is 6.92 Å². The highest BCUT2D eigenvalue weighted by Gasteiger charge is 2.32. The lowest BCUT2D eigenvalue weighted by Gasteiger charge is -2.36. The fourth-order valence-electron chi connectivity index (χ4n) is 1.78. The number of hydrogen-bond donors (Lipinski definition) is 2. The zero-order chi connectivity index (χ0) is 15.3. The number of carboxylic acids is 1. The summed E-state index contributed by atoms with van der Waals surface area (Å²) in [5, 5.41) is 8.72. The van der Waals surface area contributed by atoms with Gasteiger partial charge in [-0.05, 0) is 12.8 Å². The van der Waals surface area contributed by atoms with Crippen LogP contribution < -0.4 is 0 Å². The van der Waals surface area contributed by atoms with Crippen LogP contribution in [-0.2, 0) is 19.4 Å². The molecule has 0 aromatic rings. The van der Waals surface area contributed by atoms with Crippen LogP contribution in [0.25, 0.3) is 0 Å². The monoisotopic (exact) mass is 296 g/mol. The van der Waals surface area contributed by atoms with Crippen molar-refractivity contribution < 1.29 is 31.5 Å². The molecule has 8 heteroatoms. The third kappa shape index (κ3) is 7.26. The molecule has 0 aromatic carbocycles. The average molecular weight is 296 g/mol. The average Bonchev–Trinajstić information content (AvgIpc) is 2.21. The minimum atomic E-state index is -4.59. The van der Waals surface area contributed by atoms with Crippen LogP contribution in [0, 0.1) is 0 Å². The molecule has 0 saturated carbocycles. The van der Waals surface area contributed by atoms with Crippen LogP contribution >= 0.6 is 0 Å². The van der Waals surface area contributed by atoms with Crippen molar-refractivity contribution in [1.82, 2.24) is 0 Å². The van der Waals surface area contributed by atoms with Crippen molar-refractivity contribution >= 4 is 16.4 Å². The third-order valence-electron chi connectivity index (χ3n) is 2.81. The molecule has 0 fully saturated rings. The molecule has 7 nitrogen and oxygen atoms in total. The second kappa shape index (κ2) is 6.99. The van der Waals surface area contributed by atoms with Gasteiger partial charge in [0.25, 0.3) is 0 Å². The fraction of sp³-hybridized carbons (Fsp3) is 0.727. The van der Waals surface area contributed by atoms with Crippen molar-refractivity contribution in [3.05, 3.63) is 12.2 Å². The summed E-state index contributed by atoms with van der Waals surface area (Å²) >= 11 is 0. The molecule has 2 N–H and O–H groups in total. The molecule has 0 heterocycles. The van der Waals surface area contributed by atoms with Crippen LogP contribution in [0.1, 0.15) is 26.2 Å². The van der Waals surface area contributed by atoms with Gasteiger partial charge in [0.15, 0.2) is 0 Å². The summed E-state index contributed by atoms with van der Waals surface area (Å²) in [6.45, 7) is 5.93. The summed E-state index contributed by atoms with van der Waals surface area (Å²) in [7, 11) is -1.08. The molecule has 0 amide bonds. The Morgan fingerprint density at radius 1 is 1.42 bits per heavy atom. The Hall–Kier alpha value is -0.960. The lowest BCUT2D eigenvalue weighted by Crippen LogP contribution is -2.51. The van der Waals surface area contributed by atoms with E-state index in [0.29, 0.717) is 6.54 Å². The Kier molecular flexibility index (Phi) is 6.64. The van der Waals surface area contributed by atoms with Gasteiger partial charge >= 0.3 is 16.4 Å². The van der Waals surface area contributed by atoms with Gasteiger partial charge in [-0.3, -0.25) is 4.55 Å². The summed E-state index contributed by atoms with van der Waals surface area (Å²) in [6, 6.07) is 0. The number of nitrogens with zero attached hydrogens (tertiary/aromatic N) is 1. The summed E-state index contributed by atoms with van der Waals surface area (Å²) in [6.07, 6.45) is 0.155. The molecular weight excluding hydrogens is 274 g/mol. The molecule has 0 aliphatic carbocycles. The Morgan fingerprint density at radius 2 is 1.95 bits per heavy atom. The number of rotatable bonds is 9. The lowest BCUT2D eigenvalue weighted by atomic mass is 10.1. The van der Waals surface area contributed by atoms with E-state index in [4.69, 9.17) is 9.66 Å². The molecule has 19 heavy (non-hydrogen) atoms. The zero-order valence-electron chi connectivity index (χ0n) is 11.5. The molecule has 0 aliphatic rings. The largest absolute Gasteiger partial charge is 0.478 e. The van der Waals surface area contributed by atoms with Crippen LogP contribution in [0.2, 0.25) is 0 Å². The number of quaternary nitrogens is 1. The molecule has 0 bridgehead atoms. The second-order valence-corrected chi connectivity index (χ2v) is 5.98. The quantitative estimate of drug-likeness (QED) is 0.285. The molecule has 1 unspecified atom stereocenters. The van der Waals surface area contributed by atoms with E-state index in [1.54, 1.807) is 14.1 Å². The Morgan fingerprint density at radius 3 is 2.32 bits per heavy atom. The van der Waals surface area contributed by atoms with Gasteiger partial charge in [0.05, 0.1) is 20.6 Å². The highest BCUT2D eigenvalue weighted by atomic mass is 32.3. The maximum Gasteiger partial charge on any atom is 0.402 e. The van der Waals surface area contributed by atoms with Crippen LogP contribution in [-0.4, -0.2) is 55.4 Å². The van der Waals surface area contributed by atoms with Gasteiger partial charge in [-0.2, -0.15) is 12.6 Å². The normalized spacial score (nSPS) is 14.1. The molecule has 0 radical (unpaired) electrons. The smallest absolute Gasteiger partial charge is 0.402 e. The van der Waals surface area contributed by atoms with E-state index < -0.39 is 22.6 Å². The standard InChI is InChI=1S/C11H21NO6S/c1-5-8-12(3,4)10(18-19(15,16)17)7-6-9(2)11(13)14/h10H,2,5-8H2,1,3-4H3,(H-,13,14,15,16,17)/p+1. The third-order valence-corrected chi connectivity index (χ3v) is 3.27. The maximum absolute atomic E-state index is 10.9. The first-order valence-electron chi connectivity index (χ1n) is 5.89. The van der Waals surface area contributed by atoms with E-state index in [-0.39, 0.29) is 22.9 Å². The van der Waals surface area contributed by atoms with Crippen LogP contribution in [0.5, 0.6) is 0 Å². The van der Waals surface area contributed by atoms with E-state index in [1.165, 1.54) is 0 Å². The van der Waals surface area contributed by atoms with Gasteiger partial charge in [0.2, 0.25) is 6.23 Å². The second-order valence-electron chi connectivity index (χ2n) is 4.93. The van der Waals surface area contributed by atoms with Crippen molar-refractivity contribution in [3.63, 3.8) is 0 Å². The molecule has 0 saturated heterocycles. The van der Waals surface area contributed by atoms with E-state index >= 15 is 0 Å². The first kappa shape index (κ1) is 18.0. The molecule has 0 spiro atoms. The topological polar surface area (TPSA) is 101 Å². The van der Waals surface area contributed by atoms with Gasteiger partial charge in [-0.1, -0.05) is 13.5 Å². The van der Waals surface area contributed by atoms with Crippen molar-refractivity contribution in [2.45, 2.75) is 32.4 Å². The predicted octanol–water partition coefficient (Wildman–Crippen LogP) is 1.04. The molecular formula is C11H22NO6S+. The summed E-state index contributed by atoms with van der Waals surface area (Å²) in [5.41, 5.74) is -0.0274. The van der Waals surface area contributed by atoms with Gasteiger partial charge in [-0.25, -0.2) is 4.79 Å². The molecule has 112 valence electrons. The first-order chi connectivity index (χ1) is 8.49. The minimum Gasteiger partial charge on any atom is -0.478 e. The molecule has 1 atom stereocenters. The Balaban J connectivity index is 4.87. The SMILES string of the molecule is C=C(CCC(OS(=O)(=O)O)[N+](C)(C)CCC)C(=O)O. The highest BCUT2D eigenvalue weighted by Crippen LogP contribution is 2.19. The Bertz CT molecular complexity index is 428. The van der Waals surface area contributed by atoms with Crippen molar-refractivity contribution in [3.8, 4) is 0 Å². The summed E-state index contributed by atoms with van der Waals surface area (Å²) in [5.74, 6) is -1.13. The van der Waals surface area contributed by atoms with Crippen LogP contribution in [0.15, 0.2) is 12.2 Å².